The Morgan fingerprint density at radius 1 is 0.967 bits per heavy atom. The number of pyridine rings is 3. The number of hydrogen-bond donors (Lipinski definition) is 2. The zero-order chi connectivity index (χ0) is 20.1. The molecule has 0 aliphatic heterocycles. The summed E-state index contributed by atoms with van der Waals surface area (Å²) < 4.78 is 0. The average Bonchev–Trinajstić information content (AvgIpc) is 3.51. The Morgan fingerprint density at radius 3 is 2.80 bits per heavy atom. The third-order valence-electron chi connectivity index (χ3n) is 5.28. The number of fused-ring (bicyclic) bond motifs is 2. The number of hydrogen-bond acceptors (Lipinski definition) is 5. The molecule has 0 aliphatic rings. The summed E-state index contributed by atoms with van der Waals surface area (Å²) in [6.45, 7) is 2.07. The Kier molecular flexibility index (Phi) is 3.75. The Morgan fingerprint density at radius 2 is 1.93 bits per heavy atom. The van der Waals surface area contributed by atoms with Gasteiger partial charge in [0.2, 0.25) is 0 Å². The Hall–Kier alpha value is -3.84. The van der Waals surface area contributed by atoms with Crippen molar-refractivity contribution >= 4 is 33.3 Å². The fourth-order valence-electron chi connectivity index (χ4n) is 3.76. The van der Waals surface area contributed by atoms with Crippen LogP contribution in [0, 0.1) is 6.92 Å². The summed E-state index contributed by atoms with van der Waals surface area (Å²) in [5.41, 5.74) is 8.47. The van der Waals surface area contributed by atoms with Gasteiger partial charge in [0.25, 0.3) is 0 Å². The number of nitrogens with one attached hydrogen (secondary N) is 2. The van der Waals surface area contributed by atoms with Crippen LogP contribution in [0.1, 0.15) is 5.56 Å². The summed E-state index contributed by atoms with van der Waals surface area (Å²) in [5, 5.41) is 10.8. The quantitative estimate of drug-likeness (QED) is 0.399. The number of H-pyrrole nitrogens is 2. The average molecular weight is 408 g/mol. The molecule has 0 bridgehead atoms. The molecular formula is C23H16N6S. The van der Waals surface area contributed by atoms with Crippen molar-refractivity contribution in [3.05, 3.63) is 72.0 Å². The first-order chi connectivity index (χ1) is 14.8. The topological polar surface area (TPSA) is 83.1 Å². The van der Waals surface area contributed by atoms with Gasteiger partial charge in [-0.05, 0) is 54.3 Å². The summed E-state index contributed by atoms with van der Waals surface area (Å²) in [6, 6.07) is 14.2. The van der Waals surface area contributed by atoms with Gasteiger partial charge in [0, 0.05) is 35.1 Å². The fourth-order valence-corrected chi connectivity index (χ4v) is 4.50. The molecule has 0 radical (unpaired) electrons. The molecule has 6 nitrogen and oxygen atoms in total. The normalized spacial score (nSPS) is 11.5. The van der Waals surface area contributed by atoms with Crippen molar-refractivity contribution in [3.8, 4) is 33.2 Å². The number of thiophene rings is 1. The molecule has 144 valence electrons. The second kappa shape index (κ2) is 6.60. The molecule has 0 amide bonds. The van der Waals surface area contributed by atoms with E-state index in [2.05, 4.69) is 49.6 Å². The van der Waals surface area contributed by atoms with Gasteiger partial charge in [0.15, 0.2) is 0 Å². The highest BCUT2D eigenvalue weighted by atomic mass is 32.1. The maximum absolute atomic E-state index is 4.92. The van der Waals surface area contributed by atoms with E-state index in [-0.39, 0.29) is 0 Å². The van der Waals surface area contributed by atoms with Crippen LogP contribution in [0.2, 0.25) is 0 Å². The lowest BCUT2D eigenvalue weighted by atomic mass is 10.1. The van der Waals surface area contributed by atoms with Crippen molar-refractivity contribution < 1.29 is 0 Å². The van der Waals surface area contributed by atoms with Crippen LogP contribution >= 0.6 is 11.3 Å². The molecule has 2 N–H and O–H groups in total. The summed E-state index contributed by atoms with van der Waals surface area (Å²) in [4.78, 5) is 18.4. The lowest BCUT2D eigenvalue weighted by Gasteiger charge is -2.04. The van der Waals surface area contributed by atoms with Gasteiger partial charge in [-0.25, -0.2) is 4.98 Å². The third-order valence-corrected chi connectivity index (χ3v) is 6.16. The molecule has 0 aliphatic carbocycles. The van der Waals surface area contributed by atoms with Gasteiger partial charge < -0.3 is 4.98 Å². The van der Waals surface area contributed by atoms with Gasteiger partial charge in [0.1, 0.15) is 11.2 Å². The van der Waals surface area contributed by atoms with Crippen LogP contribution in [0.15, 0.2) is 66.4 Å². The molecule has 0 fully saturated rings. The molecule has 6 heterocycles. The Balaban J connectivity index is 1.53. The minimum absolute atomic E-state index is 0.793. The molecule has 6 rings (SSSR count). The van der Waals surface area contributed by atoms with Crippen molar-refractivity contribution in [3.63, 3.8) is 0 Å². The molecule has 0 unspecified atom stereocenters. The lowest BCUT2D eigenvalue weighted by molar-refractivity contribution is 1.12. The molecule has 6 aromatic rings. The first kappa shape index (κ1) is 17.1. The van der Waals surface area contributed by atoms with Gasteiger partial charge in [-0.1, -0.05) is 6.07 Å². The standard InChI is InChI=1S/C23H16N6S/c1-13-6-8-24-12-15(13)16-4-5-18-22(27-16)23(29-28-18)19-11-14-17(26-19)7-9-25-21(14)20-3-2-10-30-20/h2-12,26H,1H3,(H,28,29). The second-order valence-electron chi connectivity index (χ2n) is 7.14. The van der Waals surface area contributed by atoms with Crippen LogP contribution < -0.4 is 0 Å². The van der Waals surface area contributed by atoms with Crippen LogP contribution in [0.25, 0.3) is 55.2 Å². The van der Waals surface area contributed by atoms with E-state index in [9.17, 15) is 0 Å². The Labute approximate surface area is 175 Å². The molecule has 0 atom stereocenters. The van der Waals surface area contributed by atoms with Crippen molar-refractivity contribution in [2.45, 2.75) is 6.92 Å². The van der Waals surface area contributed by atoms with Gasteiger partial charge in [-0.2, -0.15) is 5.10 Å². The first-order valence-electron chi connectivity index (χ1n) is 9.56. The monoisotopic (exact) mass is 408 g/mol. The molecule has 6 aromatic heterocycles. The number of aromatic nitrogens is 6. The SMILES string of the molecule is Cc1ccncc1-c1ccc2[nH]nc(-c3cc4c(-c5cccs5)nccc4[nH]3)c2n1. The molecule has 30 heavy (non-hydrogen) atoms. The maximum atomic E-state index is 4.92. The summed E-state index contributed by atoms with van der Waals surface area (Å²) >= 11 is 1.68. The van der Waals surface area contributed by atoms with E-state index in [1.165, 1.54) is 0 Å². The number of aryl methyl sites for hydroxylation is 1. The van der Waals surface area contributed by atoms with E-state index in [1.807, 2.05) is 42.7 Å². The van der Waals surface area contributed by atoms with E-state index in [0.717, 1.165) is 60.7 Å². The molecule has 0 saturated heterocycles. The molecule has 0 saturated carbocycles. The zero-order valence-electron chi connectivity index (χ0n) is 16.0. The summed E-state index contributed by atoms with van der Waals surface area (Å²) in [6.07, 6.45) is 5.48. The molecular weight excluding hydrogens is 392 g/mol. The summed E-state index contributed by atoms with van der Waals surface area (Å²) in [7, 11) is 0. The predicted molar refractivity (Wildman–Crippen MR) is 120 cm³/mol. The van der Waals surface area contributed by atoms with Gasteiger partial charge >= 0.3 is 0 Å². The van der Waals surface area contributed by atoms with Gasteiger partial charge in [-0.3, -0.25) is 15.1 Å². The van der Waals surface area contributed by atoms with E-state index >= 15 is 0 Å². The highest BCUT2D eigenvalue weighted by molar-refractivity contribution is 7.13. The third kappa shape index (κ3) is 2.63. The zero-order valence-corrected chi connectivity index (χ0v) is 16.9. The van der Waals surface area contributed by atoms with Crippen molar-refractivity contribution in [2.75, 3.05) is 0 Å². The highest BCUT2D eigenvalue weighted by Crippen LogP contribution is 2.34. The molecule has 0 spiro atoms. The lowest BCUT2D eigenvalue weighted by Crippen LogP contribution is -1.89. The number of nitrogens with zero attached hydrogens (tertiary/aromatic N) is 4. The van der Waals surface area contributed by atoms with Crippen molar-refractivity contribution in [1.29, 1.82) is 0 Å². The second-order valence-corrected chi connectivity index (χ2v) is 8.08. The van der Waals surface area contributed by atoms with E-state index in [1.54, 1.807) is 17.5 Å². The van der Waals surface area contributed by atoms with E-state index in [0.29, 0.717) is 0 Å². The number of aromatic amines is 2. The Bertz CT molecular complexity index is 1510. The van der Waals surface area contributed by atoms with Crippen LogP contribution in [0.5, 0.6) is 0 Å². The van der Waals surface area contributed by atoms with E-state index in [4.69, 9.17) is 4.98 Å². The van der Waals surface area contributed by atoms with Gasteiger partial charge in [0.05, 0.1) is 27.5 Å². The van der Waals surface area contributed by atoms with Gasteiger partial charge in [-0.15, -0.1) is 11.3 Å². The predicted octanol–water partition coefficient (Wildman–Crippen LogP) is 5.60. The van der Waals surface area contributed by atoms with Crippen molar-refractivity contribution in [1.82, 2.24) is 30.1 Å². The van der Waals surface area contributed by atoms with Crippen molar-refractivity contribution in [2.24, 2.45) is 0 Å². The van der Waals surface area contributed by atoms with E-state index < -0.39 is 0 Å². The highest BCUT2D eigenvalue weighted by Gasteiger charge is 2.16. The maximum Gasteiger partial charge on any atom is 0.135 e. The minimum atomic E-state index is 0.793. The van der Waals surface area contributed by atoms with Crippen LogP contribution in [0.3, 0.4) is 0 Å². The first-order valence-corrected chi connectivity index (χ1v) is 10.4. The van der Waals surface area contributed by atoms with Crippen LogP contribution in [0.4, 0.5) is 0 Å². The molecule has 0 aromatic carbocycles. The fraction of sp³-hybridized carbons (Fsp3) is 0.0435. The smallest absolute Gasteiger partial charge is 0.135 e. The van der Waals surface area contributed by atoms with Crippen LogP contribution in [-0.4, -0.2) is 30.1 Å². The van der Waals surface area contributed by atoms with Crippen LogP contribution in [-0.2, 0) is 0 Å². The largest absolute Gasteiger partial charge is 0.353 e. The summed E-state index contributed by atoms with van der Waals surface area (Å²) in [5.74, 6) is 0. The minimum Gasteiger partial charge on any atom is -0.353 e. The number of rotatable bonds is 3. The molecule has 7 heteroatoms.